The Hall–Kier alpha value is -2.76. The van der Waals surface area contributed by atoms with Gasteiger partial charge >= 0.3 is 0 Å². The summed E-state index contributed by atoms with van der Waals surface area (Å²) in [5.74, 6) is -0.950. The van der Waals surface area contributed by atoms with E-state index in [1.165, 1.54) is 0 Å². The first-order chi connectivity index (χ1) is 9.54. The van der Waals surface area contributed by atoms with Crippen LogP contribution in [0, 0.1) is 5.92 Å². The van der Waals surface area contributed by atoms with Crippen LogP contribution in [-0.2, 0) is 4.79 Å². The van der Waals surface area contributed by atoms with E-state index in [9.17, 15) is 9.59 Å². The van der Waals surface area contributed by atoms with Gasteiger partial charge in [0.2, 0.25) is 5.91 Å². The average Bonchev–Trinajstić information content (AvgIpc) is 2.37. The molecule has 6 heteroatoms. The number of benzene rings is 1. The van der Waals surface area contributed by atoms with Gasteiger partial charge in [-0.15, -0.1) is 0 Å². The fraction of sp³-hybridized carbons (Fsp3) is 0.143. The minimum atomic E-state index is -0.398. The lowest BCUT2D eigenvalue weighted by Gasteiger charge is -2.39. The number of carbonyl (C=O) groups is 2. The van der Waals surface area contributed by atoms with Gasteiger partial charge in [0.25, 0.3) is 5.91 Å². The van der Waals surface area contributed by atoms with Gasteiger partial charge < -0.3 is 22.1 Å². The molecule has 1 aliphatic carbocycles. The van der Waals surface area contributed by atoms with E-state index in [-0.39, 0.29) is 17.7 Å². The third kappa shape index (κ3) is 1.27. The highest BCUT2D eigenvalue weighted by molar-refractivity contribution is 6.07. The van der Waals surface area contributed by atoms with Gasteiger partial charge in [-0.2, -0.15) is 0 Å². The van der Waals surface area contributed by atoms with Crippen LogP contribution in [0.2, 0.25) is 0 Å². The fourth-order valence-electron chi connectivity index (χ4n) is 3.21. The molecule has 20 heavy (non-hydrogen) atoms. The van der Waals surface area contributed by atoms with Crippen molar-refractivity contribution in [2.45, 2.75) is 5.92 Å². The van der Waals surface area contributed by atoms with E-state index >= 15 is 0 Å². The highest BCUT2D eigenvalue weighted by Crippen LogP contribution is 2.47. The number of hydrogen-bond acceptors (Lipinski definition) is 4. The molecule has 0 spiro atoms. The predicted octanol–water partition coefficient (Wildman–Crippen LogP) is 0.404. The molecule has 2 aliphatic heterocycles. The molecule has 2 heterocycles. The highest BCUT2D eigenvalue weighted by Gasteiger charge is 2.44. The molecule has 0 radical (unpaired) electrons. The monoisotopic (exact) mass is 268 g/mol. The molecule has 0 bridgehead atoms. The molecule has 1 aromatic carbocycles. The maximum atomic E-state index is 12.2. The lowest BCUT2D eigenvalue weighted by molar-refractivity contribution is -0.119. The van der Waals surface area contributed by atoms with E-state index in [4.69, 9.17) is 11.5 Å². The predicted molar refractivity (Wildman–Crippen MR) is 73.5 cm³/mol. The number of rotatable bonds is 0. The van der Waals surface area contributed by atoms with Gasteiger partial charge in [-0.25, -0.2) is 0 Å². The molecule has 4 rings (SSSR count). The minimum Gasteiger partial charge on any atom is -0.399 e. The highest BCUT2D eigenvalue weighted by atomic mass is 16.2. The van der Waals surface area contributed by atoms with E-state index < -0.39 is 5.92 Å². The quantitative estimate of drug-likeness (QED) is 0.510. The third-order valence-corrected chi connectivity index (χ3v) is 3.96. The molecule has 3 aliphatic rings. The van der Waals surface area contributed by atoms with Crippen molar-refractivity contribution in [1.29, 1.82) is 0 Å². The SMILES string of the molecule is NC1=CC2C(=O)Nc3cc(N)cc4c3C2C(=C1)NC4=O. The van der Waals surface area contributed by atoms with Crippen LogP contribution in [0.15, 0.2) is 35.7 Å². The van der Waals surface area contributed by atoms with Gasteiger partial charge in [0, 0.05) is 34.3 Å². The van der Waals surface area contributed by atoms with Gasteiger partial charge in [-0.1, -0.05) is 0 Å². The van der Waals surface area contributed by atoms with Gasteiger partial charge in [0.1, 0.15) is 0 Å². The van der Waals surface area contributed by atoms with Crippen molar-refractivity contribution in [3.8, 4) is 0 Å². The molecule has 2 amide bonds. The summed E-state index contributed by atoms with van der Waals surface area (Å²) in [5.41, 5.74) is 15.2. The summed E-state index contributed by atoms with van der Waals surface area (Å²) < 4.78 is 0. The Labute approximate surface area is 114 Å². The molecule has 0 saturated carbocycles. The van der Waals surface area contributed by atoms with Crippen LogP contribution in [0.1, 0.15) is 21.8 Å². The van der Waals surface area contributed by atoms with Crippen molar-refractivity contribution in [2.75, 3.05) is 11.1 Å². The van der Waals surface area contributed by atoms with Crippen LogP contribution in [0.4, 0.5) is 11.4 Å². The smallest absolute Gasteiger partial charge is 0.255 e. The zero-order valence-corrected chi connectivity index (χ0v) is 10.4. The number of allylic oxidation sites excluding steroid dienone is 2. The van der Waals surface area contributed by atoms with Crippen molar-refractivity contribution in [3.63, 3.8) is 0 Å². The van der Waals surface area contributed by atoms with E-state index in [0.717, 1.165) is 5.56 Å². The van der Waals surface area contributed by atoms with Crippen molar-refractivity contribution < 1.29 is 9.59 Å². The largest absolute Gasteiger partial charge is 0.399 e. The fourth-order valence-corrected chi connectivity index (χ4v) is 3.21. The second-order valence-corrected chi connectivity index (χ2v) is 5.24. The Bertz CT molecular complexity index is 748. The first-order valence-corrected chi connectivity index (χ1v) is 6.29. The Morgan fingerprint density at radius 1 is 1.10 bits per heavy atom. The van der Waals surface area contributed by atoms with Gasteiger partial charge in [-0.05, 0) is 29.8 Å². The molecule has 0 fully saturated rings. The Morgan fingerprint density at radius 3 is 2.70 bits per heavy atom. The molecule has 1 aromatic rings. The summed E-state index contributed by atoms with van der Waals surface area (Å²) in [6.07, 6.45) is 3.44. The zero-order chi connectivity index (χ0) is 14.0. The van der Waals surface area contributed by atoms with Crippen molar-refractivity contribution in [1.82, 2.24) is 5.32 Å². The minimum absolute atomic E-state index is 0.135. The maximum Gasteiger partial charge on any atom is 0.255 e. The van der Waals surface area contributed by atoms with Crippen LogP contribution < -0.4 is 22.1 Å². The molecular formula is C14H12N4O2. The number of nitrogens with two attached hydrogens (primary N) is 2. The first-order valence-electron chi connectivity index (χ1n) is 6.29. The summed E-state index contributed by atoms with van der Waals surface area (Å²) in [5, 5.41) is 5.62. The second-order valence-electron chi connectivity index (χ2n) is 5.24. The standard InChI is InChI=1S/C14H12N4O2/c15-5-1-7-11-9(3-5)18-14(20)8-2-6(16)4-10(12(8)11)17-13(7)19/h1-4,7,11H,15-16H2,(H,17,19)(H,18,20). The Kier molecular flexibility index (Phi) is 1.89. The Morgan fingerprint density at radius 2 is 1.90 bits per heavy atom. The molecule has 6 N–H and O–H groups in total. The zero-order valence-electron chi connectivity index (χ0n) is 10.4. The molecule has 100 valence electrons. The van der Waals surface area contributed by atoms with Crippen molar-refractivity contribution >= 4 is 23.2 Å². The van der Waals surface area contributed by atoms with E-state index in [2.05, 4.69) is 10.6 Å². The molecule has 6 nitrogen and oxygen atoms in total. The number of amides is 2. The number of nitrogen functional groups attached to an aromatic ring is 1. The van der Waals surface area contributed by atoms with Crippen LogP contribution >= 0.6 is 0 Å². The van der Waals surface area contributed by atoms with Crippen molar-refractivity contribution in [2.24, 2.45) is 11.7 Å². The number of carbonyl (C=O) groups excluding carboxylic acids is 2. The topological polar surface area (TPSA) is 110 Å². The average molecular weight is 268 g/mol. The number of nitrogens with one attached hydrogen (secondary N) is 2. The lowest BCUT2D eigenvalue weighted by Crippen LogP contribution is -2.44. The van der Waals surface area contributed by atoms with E-state index in [1.54, 1.807) is 24.3 Å². The van der Waals surface area contributed by atoms with E-state index in [0.29, 0.717) is 28.3 Å². The summed E-state index contributed by atoms with van der Waals surface area (Å²) >= 11 is 0. The maximum absolute atomic E-state index is 12.2. The lowest BCUT2D eigenvalue weighted by atomic mass is 9.72. The second kappa shape index (κ2) is 3.41. The number of anilines is 2. The first kappa shape index (κ1) is 11.1. The molecule has 0 saturated heterocycles. The van der Waals surface area contributed by atoms with Crippen LogP contribution in [0.3, 0.4) is 0 Å². The van der Waals surface area contributed by atoms with Crippen molar-refractivity contribution in [3.05, 3.63) is 46.8 Å². The normalized spacial score (nSPS) is 26.0. The summed E-state index contributed by atoms with van der Waals surface area (Å²) in [6, 6.07) is 3.33. The van der Waals surface area contributed by atoms with Crippen LogP contribution in [0.25, 0.3) is 0 Å². The molecule has 2 atom stereocenters. The molecular weight excluding hydrogens is 256 g/mol. The van der Waals surface area contributed by atoms with Crippen LogP contribution in [0.5, 0.6) is 0 Å². The van der Waals surface area contributed by atoms with Crippen LogP contribution in [-0.4, -0.2) is 11.8 Å². The molecule has 2 unspecified atom stereocenters. The number of hydrogen-bond donors (Lipinski definition) is 4. The molecule has 0 aromatic heterocycles. The summed E-state index contributed by atoms with van der Waals surface area (Å²) in [6.45, 7) is 0. The van der Waals surface area contributed by atoms with Gasteiger partial charge in [0.05, 0.1) is 5.92 Å². The van der Waals surface area contributed by atoms with Gasteiger partial charge in [0.15, 0.2) is 0 Å². The van der Waals surface area contributed by atoms with E-state index in [1.807, 2.05) is 0 Å². The Balaban J connectivity index is 2.05. The van der Waals surface area contributed by atoms with Gasteiger partial charge in [-0.3, -0.25) is 9.59 Å². The third-order valence-electron chi connectivity index (χ3n) is 3.96. The summed E-state index contributed by atoms with van der Waals surface area (Å²) in [4.78, 5) is 24.4. The summed E-state index contributed by atoms with van der Waals surface area (Å²) in [7, 11) is 0.